The largest absolute Gasteiger partial charge is 0.490 e. The SMILES string of the molecule is CCCCCCC(=O)c1ccc(OCC)c(OCC)c1. The number of hydrogen-bond donors (Lipinski definition) is 0. The summed E-state index contributed by atoms with van der Waals surface area (Å²) in [6, 6.07) is 5.46. The van der Waals surface area contributed by atoms with Crippen LogP contribution in [0.1, 0.15) is 63.2 Å². The first kappa shape index (κ1) is 16.5. The first-order valence-electron chi connectivity index (χ1n) is 7.65. The Morgan fingerprint density at radius 2 is 1.65 bits per heavy atom. The number of carbonyl (C=O) groups excluding carboxylic acids is 1. The Bertz CT molecular complexity index is 413. The summed E-state index contributed by atoms with van der Waals surface area (Å²) in [5.74, 6) is 1.55. The number of unbranched alkanes of at least 4 members (excludes halogenated alkanes) is 3. The average Bonchev–Trinajstić information content (AvgIpc) is 2.45. The van der Waals surface area contributed by atoms with Crippen LogP contribution in [0.15, 0.2) is 18.2 Å². The molecule has 0 bridgehead atoms. The number of benzene rings is 1. The maximum Gasteiger partial charge on any atom is 0.163 e. The van der Waals surface area contributed by atoms with Gasteiger partial charge >= 0.3 is 0 Å². The Morgan fingerprint density at radius 3 is 2.30 bits per heavy atom. The highest BCUT2D eigenvalue weighted by Crippen LogP contribution is 2.29. The van der Waals surface area contributed by atoms with Crippen molar-refractivity contribution in [3.05, 3.63) is 23.8 Å². The highest BCUT2D eigenvalue weighted by atomic mass is 16.5. The number of Topliss-reactive ketones (excluding diaryl/α,β-unsaturated/α-hetero) is 1. The molecule has 20 heavy (non-hydrogen) atoms. The molecule has 112 valence electrons. The van der Waals surface area contributed by atoms with Gasteiger partial charge in [0.25, 0.3) is 0 Å². The van der Waals surface area contributed by atoms with E-state index < -0.39 is 0 Å². The van der Waals surface area contributed by atoms with Gasteiger partial charge in [0.05, 0.1) is 13.2 Å². The van der Waals surface area contributed by atoms with E-state index in [1.165, 1.54) is 12.8 Å². The third-order valence-electron chi connectivity index (χ3n) is 3.12. The van der Waals surface area contributed by atoms with Gasteiger partial charge in [0.2, 0.25) is 0 Å². The van der Waals surface area contributed by atoms with Crippen molar-refractivity contribution in [2.45, 2.75) is 52.9 Å². The molecule has 0 fully saturated rings. The highest BCUT2D eigenvalue weighted by Gasteiger charge is 2.11. The Hall–Kier alpha value is -1.51. The van der Waals surface area contributed by atoms with E-state index in [-0.39, 0.29) is 5.78 Å². The molecule has 0 aliphatic heterocycles. The molecule has 0 heterocycles. The molecule has 1 aromatic rings. The Morgan fingerprint density at radius 1 is 0.950 bits per heavy atom. The van der Waals surface area contributed by atoms with Crippen molar-refractivity contribution in [2.24, 2.45) is 0 Å². The van der Waals surface area contributed by atoms with Gasteiger partial charge in [-0.05, 0) is 38.5 Å². The minimum Gasteiger partial charge on any atom is -0.490 e. The zero-order chi connectivity index (χ0) is 14.8. The molecule has 0 unspecified atom stereocenters. The summed E-state index contributed by atoms with van der Waals surface area (Å²) in [7, 11) is 0. The first-order chi connectivity index (χ1) is 9.72. The van der Waals surface area contributed by atoms with Crippen molar-refractivity contribution in [3.63, 3.8) is 0 Å². The van der Waals surface area contributed by atoms with Crippen LogP contribution < -0.4 is 9.47 Å². The molecule has 1 rings (SSSR count). The summed E-state index contributed by atoms with van der Waals surface area (Å²) in [6.45, 7) is 7.18. The fourth-order valence-electron chi connectivity index (χ4n) is 2.08. The Labute approximate surface area is 122 Å². The predicted molar refractivity (Wildman–Crippen MR) is 81.9 cm³/mol. The standard InChI is InChI=1S/C17H26O3/c1-4-7-8-9-10-15(18)14-11-12-16(19-5-2)17(13-14)20-6-3/h11-13H,4-10H2,1-3H3. The van der Waals surface area contributed by atoms with Crippen LogP contribution in [0.3, 0.4) is 0 Å². The van der Waals surface area contributed by atoms with E-state index in [1.54, 1.807) is 6.07 Å². The van der Waals surface area contributed by atoms with Crippen molar-refractivity contribution in [1.82, 2.24) is 0 Å². The lowest BCUT2D eigenvalue weighted by molar-refractivity contribution is 0.0978. The maximum absolute atomic E-state index is 12.1. The second kappa shape index (κ2) is 9.40. The van der Waals surface area contributed by atoms with Gasteiger partial charge in [0.1, 0.15) is 0 Å². The van der Waals surface area contributed by atoms with Crippen LogP contribution in [0, 0.1) is 0 Å². The topological polar surface area (TPSA) is 35.5 Å². The van der Waals surface area contributed by atoms with Gasteiger partial charge in [-0.2, -0.15) is 0 Å². The molecule has 0 aromatic heterocycles. The van der Waals surface area contributed by atoms with Gasteiger partial charge in [-0.25, -0.2) is 0 Å². The van der Waals surface area contributed by atoms with Crippen molar-refractivity contribution in [2.75, 3.05) is 13.2 Å². The summed E-state index contributed by atoms with van der Waals surface area (Å²) in [5, 5.41) is 0. The summed E-state index contributed by atoms with van der Waals surface area (Å²) in [6.07, 6.45) is 5.08. The zero-order valence-corrected chi connectivity index (χ0v) is 12.9. The van der Waals surface area contributed by atoms with E-state index in [0.717, 1.165) is 12.8 Å². The third-order valence-corrected chi connectivity index (χ3v) is 3.12. The molecular weight excluding hydrogens is 252 g/mol. The highest BCUT2D eigenvalue weighted by molar-refractivity contribution is 5.96. The third kappa shape index (κ3) is 5.24. The molecule has 0 radical (unpaired) electrons. The Balaban J connectivity index is 2.69. The van der Waals surface area contributed by atoms with E-state index in [2.05, 4.69) is 6.92 Å². The molecule has 3 heteroatoms. The fourth-order valence-corrected chi connectivity index (χ4v) is 2.08. The number of ether oxygens (including phenoxy) is 2. The number of hydrogen-bond acceptors (Lipinski definition) is 3. The van der Waals surface area contributed by atoms with Crippen molar-refractivity contribution >= 4 is 5.78 Å². The van der Waals surface area contributed by atoms with Gasteiger partial charge in [-0.3, -0.25) is 4.79 Å². The van der Waals surface area contributed by atoms with E-state index in [1.807, 2.05) is 26.0 Å². The van der Waals surface area contributed by atoms with Gasteiger partial charge in [0.15, 0.2) is 17.3 Å². The lowest BCUT2D eigenvalue weighted by Gasteiger charge is -2.12. The number of carbonyl (C=O) groups is 1. The normalized spacial score (nSPS) is 10.3. The Kier molecular flexibility index (Phi) is 7.78. The molecule has 3 nitrogen and oxygen atoms in total. The predicted octanol–water partition coefficient (Wildman–Crippen LogP) is 4.64. The van der Waals surface area contributed by atoms with Crippen LogP contribution in [0.5, 0.6) is 11.5 Å². The molecule has 1 aromatic carbocycles. The minimum absolute atomic E-state index is 0.185. The second-order valence-corrected chi connectivity index (χ2v) is 4.76. The lowest BCUT2D eigenvalue weighted by Crippen LogP contribution is -2.03. The van der Waals surface area contributed by atoms with Gasteiger partial charge in [-0.1, -0.05) is 26.2 Å². The van der Waals surface area contributed by atoms with E-state index >= 15 is 0 Å². The average molecular weight is 278 g/mol. The molecule has 0 atom stereocenters. The molecule has 0 N–H and O–H groups in total. The summed E-state index contributed by atoms with van der Waals surface area (Å²) >= 11 is 0. The molecule has 0 aliphatic carbocycles. The lowest BCUT2D eigenvalue weighted by atomic mass is 10.0. The van der Waals surface area contributed by atoms with Crippen molar-refractivity contribution in [3.8, 4) is 11.5 Å². The summed E-state index contributed by atoms with van der Waals surface area (Å²) < 4.78 is 11.0. The van der Waals surface area contributed by atoms with Crippen LogP contribution in [0.4, 0.5) is 0 Å². The van der Waals surface area contributed by atoms with E-state index in [4.69, 9.17) is 9.47 Å². The van der Waals surface area contributed by atoms with Crippen LogP contribution >= 0.6 is 0 Å². The number of rotatable bonds is 10. The zero-order valence-electron chi connectivity index (χ0n) is 12.9. The molecular formula is C17H26O3. The van der Waals surface area contributed by atoms with E-state index in [9.17, 15) is 4.79 Å². The van der Waals surface area contributed by atoms with Crippen LogP contribution in [-0.2, 0) is 0 Å². The van der Waals surface area contributed by atoms with Crippen molar-refractivity contribution in [1.29, 1.82) is 0 Å². The number of ketones is 1. The minimum atomic E-state index is 0.185. The first-order valence-corrected chi connectivity index (χ1v) is 7.65. The summed E-state index contributed by atoms with van der Waals surface area (Å²) in [5.41, 5.74) is 0.716. The van der Waals surface area contributed by atoms with Crippen molar-refractivity contribution < 1.29 is 14.3 Å². The van der Waals surface area contributed by atoms with Crippen LogP contribution in [0.25, 0.3) is 0 Å². The fraction of sp³-hybridized carbons (Fsp3) is 0.588. The maximum atomic E-state index is 12.1. The van der Waals surface area contributed by atoms with E-state index in [0.29, 0.717) is 36.7 Å². The smallest absolute Gasteiger partial charge is 0.163 e. The summed E-state index contributed by atoms with van der Waals surface area (Å²) in [4.78, 5) is 12.1. The molecule has 0 aliphatic rings. The molecule has 0 saturated heterocycles. The molecule has 0 amide bonds. The quantitative estimate of drug-likeness (QED) is 0.462. The van der Waals surface area contributed by atoms with Crippen LogP contribution in [-0.4, -0.2) is 19.0 Å². The monoisotopic (exact) mass is 278 g/mol. The molecule has 0 spiro atoms. The van der Waals surface area contributed by atoms with Gasteiger partial charge < -0.3 is 9.47 Å². The molecule has 0 saturated carbocycles. The van der Waals surface area contributed by atoms with Gasteiger partial charge in [-0.15, -0.1) is 0 Å². The van der Waals surface area contributed by atoms with Gasteiger partial charge in [0, 0.05) is 12.0 Å². The van der Waals surface area contributed by atoms with Crippen LogP contribution in [0.2, 0.25) is 0 Å². The second-order valence-electron chi connectivity index (χ2n) is 4.76.